The van der Waals surface area contributed by atoms with Crippen molar-refractivity contribution < 1.29 is 17.6 Å². The third-order valence-electron chi connectivity index (χ3n) is 4.40. The molecule has 0 spiro atoms. The fourth-order valence-corrected chi connectivity index (χ4v) is 4.76. The predicted octanol–water partition coefficient (Wildman–Crippen LogP) is 4.06. The van der Waals surface area contributed by atoms with Crippen LogP contribution < -0.4 is 0 Å². The summed E-state index contributed by atoms with van der Waals surface area (Å²) in [6, 6.07) is 7.04. The number of carbonyl (C=O) groups is 1. The molecule has 0 N–H and O–H groups in total. The Kier molecular flexibility index (Phi) is 5.59. The van der Waals surface area contributed by atoms with E-state index in [-0.39, 0.29) is 23.1 Å². The van der Waals surface area contributed by atoms with E-state index in [4.69, 9.17) is 16.0 Å². The summed E-state index contributed by atoms with van der Waals surface area (Å²) in [5.74, 6) is -0.328. The molecule has 1 fully saturated rings. The summed E-state index contributed by atoms with van der Waals surface area (Å²) in [6.07, 6.45) is 5.98. The van der Waals surface area contributed by atoms with Crippen molar-refractivity contribution >= 4 is 27.2 Å². The lowest BCUT2D eigenvalue weighted by molar-refractivity contribution is -0.117. The van der Waals surface area contributed by atoms with E-state index in [1.807, 2.05) is 0 Å². The van der Waals surface area contributed by atoms with Crippen LogP contribution in [0.2, 0.25) is 5.02 Å². The first-order chi connectivity index (χ1) is 11.9. The van der Waals surface area contributed by atoms with Gasteiger partial charge >= 0.3 is 0 Å². The van der Waals surface area contributed by atoms with E-state index in [2.05, 4.69) is 4.98 Å². The van der Waals surface area contributed by atoms with Gasteiger partial charge in [-0.1, -0.05) is 49.4 Å². The predicted molar refractivity (Wildman–Crippen MR) is 96.0 cm³/mol. The summed E-state index contributed by atoms with van der Waals surface area (Å²) in [7, 11) is -3.56. The van der Waals surface area contributed by atoms with E-state index in [0.717, 1.165) is 25.7 Å². The van der Waals surface area contributed by atoms with Gasteiger partial charge < -0.3 is 4.42 Å². The molecule has 1 heterocycles. The Morgan fingerprint density at radius 2 is 1.96 bits per heavy atom. The van der Waals surface area contributed by atoms with Crippen molar-refractivity contribution in [3.63, 3.8) is 0 Å². The molecule has 1 aliphatic rings. The Labute approximate surface area is 152 Å². The van der Waals surface area contributed by atoms with Crippen LogP contribution in [0.5, 0.6) is 0 Å². The molecular weight excluding hydrogens is 362 g/mol. The first-order valence-electron chi connectivity index (χ1n) is 8.34. The van der Waals surface area contributed by atoms with Crippen molar-refractivity contribution in [2.24, 2.45) is 5.92 Å². The number of aromatic nitrogens is 1. The maximum atomic E-state index is 12.3. The van der Waals surface area contributed by atoms with Gasteiger partial charge in [0.25, 0.3) is 0 Å². The van der Waals surface area contributed by atoms with Crippen LogP contribution in [0.3, 0.4) is 0 Å². The highest BCUT2D eigenvalue weighted by Crippen LogP contribution is 2.28. The van der Waals surface area contributed by atoms with Crippen molar-refractivity contribution in [3.05, 3.63) is 41.2 Å². The molecule has 1 aliphatic carbocycles. The number of hydrogen-bond acceptors (Lipinski definition) is 5. The number of benzene rings is 1. The van der Waals surface area contributed by atoms with E-state index in [0.29, 0.717) is 22.9 Å². The minimum atomic E-state index is -3.56. The normalized spacial score (nSPS) is 15.6. The summed E-state index contributed by atoms with van der Waals surface area (Å²) < 4.78 is 29.9. The fourth-order valence-electron chi connectivity index (χ4n) is 3.25. The molecule has 5 nitrogen and oxygen atoms in total. The molecule has 134 valence electrons. The zero-order chi connectivity index (χ0) is 17.9. The second kappa shape index (κ2) is 7.70. The van der Waals surface area contributed by atoms with Crippen LogP contribution in [0, 0.1) is 5.92 Å². The number of nitrogens with zero attached hydrogens (tertiary/aromatic N) is 1. The summed E-state index contributed by atoms with van der Waals surface area (Å²) in [6.45, 7) is 0. The largest absolute Gasteiger partial charge is 0.444 e. The monoisotopic (exact) mass is 381 g/mol. The third-order valence-corrected chi connectivity index (χ3v) is 6.22. The second-order valence-corrected chi connectivity index (χ2v) is 9.02. The summed E-state index contributed by atoms with van der Waals surface area (Å²) in [4.78, 5) is 16.2. The topological polar surface area (TPSA) is 77.2 Å². The van der Waals surface area contributed by atoms with Gasteiger partial charge in [0.2, 0.25) is 5.89 Å². The zero-order valence-electron chi connectivity index (χ0n) is 13.8. The molecule has 0 amide bonds. The number of rotatable bonds is 7. The van der Waals surface area contributed by atoms with Crippen molar-refractivity contribution in [3.8, 4) is 11.5 Å². The van der Waals surface area contributed by atoms with Crippen molar-refractivity contribution in [1.29, 1.82) is 0 Å². The molecule has 0 atom stereocenters. The highest BCUT2D eigenvalue weighted by atomic mass is 35.5. The number of ketones is 1. The molecule has 1 aromatic heterocycles. The lowest BCUT2D eigenvalue weighted by Gasteiger charge is -2.07. The van der Waals surface area contributed by atoms with Crippen molar-refractivity contribution in [2.45, 2.75) is 37.9 Å². The Bertz CT molecular complexity index is 853. The van der Waals surface area contributed by atoms with Gasteiger partial charge in [0.15, 0.2) is 9.84 Å². The lowest BCUT2D eigenvalue weighted by Crippen LogP contribution is -2.19. The molecule has 1 aromatic carbocycles. The smallest absolute Gasteiger partial charge is 0.227 e. The molecule has 0 saturated heterocycles. The van der Waals surface area contributed by atoms with Crippen LogP contribution in [-0.2, 0) is 20.4 Å². The van der Waals surface area contributed by atoms with E-state index in [1.165, 1.54) is 6.26 Å². The molecule has 0 aliphatic heterocycles. The van der Waals surface area contributed by atoms with Crippen molar-refractivity contribution in [2.75, 3.05) is 5.75 Å². The third kappa shape index (κ3) is 4.92. The van der Waals surface area contributed by atoms with Crippen LogP contribution in [-0.4, -0.2) is 24.9 Å². The Hall–Kier alpha value is -1.66. The van der Waals surface area contributed by atoms with Crippen molar-refractivity contribution in [1.82, 2.24) is 4.98 Å². The SMILES string of the molecule is O=C(CC1CCCC1)CS(=O)(=O)Cc1coc(-c2ccccc2Cl)n1. The van der Waals surface area contributed by atoms with Gasteiger partial charge in [0.1, 0.15) is 17.8 Å². The Morgan fingerprint density at radius 3 is 2.68 bits per heavy atom. The molecule has 3 rings (SSSR count). The van der Waals surface area contributed by atoms with E-state index in [9.17, 15) is 13.2 Å². The van der Waals surface area contributed by atoms with Gasteiger partial charge in [-0.2, -0.15) is 0 Å². The standard InChI is InChI=1S/C18H20ClNO4S/c19-17-8-4-3-7-16(17)18-20-14(10-24-18)11-25(22,23)12-15(21)9-13-5-1-2-6-13/h3-4,7-8,10,13H,1-2,5-6,9,11-12H2. The average Bonchev–Trinajstić information content (AvgIpc) is 3.18. The number of sulfone groups is 1. The van der Waals surface area contributed by atoms with Crippen LogP contribution in [0.4, 0.5) is 0 Å². The van der Waals surface area contributed by atoms with Gasteiger partial charge in [0, 0.05) is 6.42 Å². The highest BCUT2D eigenvalue weighted by molar-refractivity contribution is 7.91. The molecule has 0 radical (unpaired) electrons. The summed E-state index contributed by atoms with van der Waals surface area (Å²) in [5, 5.41) is 0.477. The van der Waals surface area contributed by atoms with Crippen LogP contribution in [0.25, 0.3) is 11.5 Å². The number of hydrogen-bond donors (Lipinski definition) is 0. The van der Waals surface area contributed by atoms with Gasteiger partial charge in [-0.25, -0.2) is 13.4 Å². The molecule has 1 saturated carbocycles. The van der Waals surface area contributed by atoms with E-state index in [1.54, 1.807) is 24.3 Å². The number of oxazole rings is 1. The first-order valence-corrected chi connectivity index (χ1v) is 10.5. The van der Waals surface area contributed by atoms with Gasteiger partial charge in [-0.3, -0.25) is 4.79 Å². The minimum Gasteiger partial charge on any atom is -0.444 e. The fraction of sp³-hybridized carbons (Fsp3) is 0.444. The minimum absolute atomic E-state index is 0.207. The summed E-state index contributed by atoms with van der Waals surface area (Å²) >= 11 is 6.09. The van der Waals surface area contributed by atoms with E-state index < -0.39 is 15.6 Å². The quantitative estimate of drug-likeness (QED) is 0.722. The van der Waals surface area contributed by atoms with Crippen LogP contribution in [0.1, 0.15) is 37.8 Å². The maximum Gasteiger partial charge on any atom is 0.227 e. The lowest BCUT2D eigenvalue weighted by atomic mass is 10.0. The molecule has 0 bridgehead atoms. The second-order valence-electron chi connectivity index (χ2n) is 6.55. The molecule has 7 heteroatoms. The Morgan fingerprint density at radius 1 is 1.24 bits per heavy atom. The van der Waals surface area contributed by atoms with Gasteiger partial charge in [-0.05, 0) is 18.1 Å². The Balaban J connectivity index is 1.63. The van der Waals surface area contributed by atoms with E-state index >= 15 is 0 Å². The van der Waals surface area contributed by atoms with Crippen LogP contribution in [0.15, 0.2) is 34.9 Å². The maximum absolute atomic E-state index is 12.3. The average molecular weight is 382 g/mol. The number of carbonyl (C=O) groups excluding carboxylic acids is 1. The first kappa shape index (κ1) is 18.1. The van der Waals surface area contributed by atoms with Crippen LogP contribution >= 0.6 is 11.6 Å². The van der Waals surface area contributed by atoms with Gasteiger partial charge in [-0.15, -0.1) is 0 Å². The molecular formula is C18H20ClNO4S. The molecule has 0 unspecified atom stereocenters. The number of halogens is 1. The number of Topliss-reactive ketones (excluding diaryl/α,β-unsaturated/α-hetero) is 1. The zero-order valence-corrected chi connectivity index (χ0v) is 15.4. The molecule has 2 aromatic rings. The molecule has 25 heavy (non-hydrogen) atoms. The van der Waals surface area contributed by atoms with Gasteiger partial charge in [0.05, 0.1) is 22.0 Å². The highest BCUT2D eigenvalue weighted by Gasteiger charge is 2.24. The summed E-state index contributed by atoms with van der Waals surface area (Å²) in [5.41, 5.74) is 0.883.